The minimum Gasteiger partial charge on any atom is -0.351 e. The third-order valence-corrected chi connectivity index (χ3v) is 15.8. The number of anilines is 2. The molecule has 0 amide bonds. The van der Waals surface area contributed by atoms with Gasteiger partial charge in [-0.15, -0.1) is 0 Å². The summed E-state index contributed by atoms with van der Waals surface area (Å²) >= 11 is 0. The van der Waals surface area contributed by atoms with E-state index in [1.165, 1.54) is 30.6 Å². The summed E-state index contributed by atoms with van der Waals surface area (Å²) in [6.07, 6.45) is 13.9. The minimum atomic E-state index is -1.78. The molecule has 6 aliphatic rings. The molecule has 0 saturated heterocycles. The van der Waals surface area contributed by atoms with Gasteiger partial charge in [-0.25, -0.2) is 0 Å². The van der Waals surface area contributed by atoms with Crippen LogP contribution in [0.5, 0.6) is 0 Å². The highest BCUT2D eigenvalue weighted by Gasteiger charge is 2.55. The predicted molar refractivity (Wildman–Crippen MR) is 137 cm³/mol. The van der Waals surface area contributed by atoms with E-state index in [0.717, 1.165) is 0 Å². The van der Waals surface area contributed by atoms with Crippen molar-refractivity contribution in [1.82, 2.24) is 9.80 Å². The first-order valence-electron chi connectivity index (χ1n) is 12.1. The van der Waals surface area contributed by atoms with Crippen LogP contribution in [0.3, 0.4) is 0 Å². The molecular weight excluding hydrogens is 427 g/mol. The summed E-state index contributed by atoms with van der Waals surface area (Å²) in [4.78, 5) is 10.7. The van der Waals surface area contributed by atoms with E-state index in [1.54, 1.807) is 21.0 Å². The minimum absolute atomic E-state index is 0.380. The molecule has 4 nitrogen and oxygen atoms in total. The molecule has 1 fully saturated rings. The lowest BCUT2D eigenvalue weighted by atomic mass is 10.1. The molecule has 1 saturated carbocycles. The first kappa shape index (κ1) is 18.2. The third kappa shape index (κ3) is 1.92. The highest BCUT2D eigenvalue weighted by atomic mass is 31.1. The van der Waals surface area contributed by atoms with E-state index in [9.17, 15) is 0 Å². The van der Waals surface area contributed by atoms with Crippen LogP contribution >= 0.6 is 7.92 Å². The lowest BCUT2D eigenvalue weighted by molar-refractivity contribution is 0.145. The molecule has 5 heterocycles. The Kier molecular flexibility index (Phi) is 3.31. The molecule has 0 N–H and O–H groups in total. The highest BCUT2D eigenvalue weighted by Crippen LogP contribution is 2.58. The Bertz CT molecular complexity index is 1240. The van der Waals surface area contributed by atoms with Gasteiger partial charge in [0.15, 0.2) is 0 Å². The van der Waals surface area contributed by atoms with Crippen molar-refractivity contribution in [3.8, 4) is 0 Å². The quantitative estimate of drug-likeness (QED) is 0.446. The zero-order valence-electron chi connectivity index (χ0n) is 18.9. The zero-order valence-corrected chi connectivity index (χ0v) is 20.8. The summed E-state index contributed by atoms with van der Waals surface area (Å²) in [7, 11) is -2.26. The molecular formula is C26H29N4PSi. The van der Waals surface area contributed by atoms with E-state index >= 15 is 0 Å². The predicted octanol–water partition coefficient (Wildman–Crippen LogP) is 3.02. The zero-order chi connectivity index (χ0) is 21.4. The molecule has 2 aromatic carbocycles. The van der Waals surface area contributed by atoms with Crippen molar-refractivity contribution < 1.29 is 0 Å². The SMILES string of the molecule is C[C@H]1N2C=CN1C1CCCC1N1C=CN3c4cccc5c4P(c4c2cccc4[Si]5(C)C)[C@H]31. The van der Waals surface area contributed by atoms with Crippen LogP contribution in [0.2, 0.25) is 13.1 Å². The number of hydrogen-bond donors (Lipinski definition) is 0. The van der Waals surface area contributed by atoms with Gasteiger partial charge in [-0.2, -0.15) is 0 Å². The van der Waals surface area contributed by atoms with Crippen LogP contribution in [0.15, 0.2) is 61.2 Å². The Morgan fingerprint density at radius 2 is 1.38 bits per heavy atom. The van der Waals surface area contributed by atoms with Crippen LogP contribution in [-0.4, -0.2) is 42.0 Å². The van der Waals surface area contributed by atoms with Crippen molar-refractivity contribution in [2.75, 3.05) is 9.80 Å². The van der Waals surface area contributed by atoms with Gasteiger partial charge in [0.1, 0.15) is 20.1 Å². The van der Waals surface area contributed by atoms with Crippen LogP contribution in [0, 0.1) is 0 Å². The number of hydrogen-bond acceptors (Lipinski definition) is 4. The molecule has 5 atom stereocenters. The van der Waals surface area contributed by atoms with E-state index in [0.29, 0.717) is 24.2 Å². The fourth-order valence-electron chi connectivity index (χ4n) is 7.50. The van der Waals surface area contributed by atoms with E-state index in [2.05, 4.69) is 101 Å². The van der Waals surface area contributed by atoms with Gasteiger partial charge in [0.05, 0.1) is 23.5 Å². The number of rotatable bonds is 0. The second-order valence-corrected chi connectivity index (χ2v) is 17.1. The van der Waals surface area contributed by atoms with Gasteiger partial charge < -0.3 is 19.6 Å². The van der Waals surface area contributed by atoms with Crippen LogP contribution < -0.4 is 30.8 Å². The van der Waals surface area contributed by atoms with Crippen LogP contribution in [0.25, 0.3) is 0 Å². The Hall–Kier alpha value is -2.23. The molecule has 8 rings (SSSR count). The Labute approximate surface area is 192 Å². The number of fused-ring (bicyclic) bond motifs is 7. The fraction of sp³-hybridized carbons (Fsp3) is 0.385. The van der Waals surface area contributed by atoms with E-state index in [-0.39, 0.29) is 0 Å². The maximum absolute atomic E-state index is 2.79. The van der Waals surface area contributed by atoms with Crippen molar-refractivity contribution in [2.45, 2.75) is 63.4 Å². The normalized spacial score (nSPS) is 33.8. The third-order valence-electron chi connectivity index (χ3n) is 9.00. The summed E-state index contributed by atoms with van der Waals surface area (Å²) < 4.78 is 0. The summed E-state index contributed by atoms with van der Waals surface area (Å²) in [5.41, 5.74) is 2.95. The molecule has 5 aliphatic heterocycles. The molecule has 0 radical (unpaired) electrons. The second kappa shape index (κ2) is 5.81. The fourth-order valence-corrected chi connectivity index (χ4v) is 15.8. The molecule has 2 bridgehead atoms. The summed E-state index contributed by atoms with van der Waals surface area (Å²) in [5, 5.41) is 6.72. The molecule has 0 aromatic heterocycles. The van der Waals surface area contributed by atoms with Crippen molar-refractivity contribution in [3.63, 3.8) is 0 Å². The van der Waals surface area contributed by atoms with Crippen molar-refractivity contribution >= 4 is 48.4 Å². The van der Waals surface area contributed by atoms with Gasteiger partial charge in [0, 0.05) is 43.3 Å². The van der Waals surface area contributed by atoms with Crippen LogP contribution in [-0.2, 0) is 0 Å². The lowest BCUT2D eigenvalue weighted by Gasteiger charge is -2.47. The van der Waals surface area contributed by atoms with Gasteiger partial charge in [-0.1, -0.05) is 37.4 Å². The highest BCUT2D eigenvalue weighted by molar-refractivity contribution is 7.77. The monoisotopic (exact) mass is 456 g/mol. The van der Waals surface area contributed by atoms with Crippen molar-refractivity contribution in [2.24, 2.45) is 0 Å². The Morgan fingerprint density at radius 3 is 2.09 bits per heavy atom. The van der Waals surface area contributed by atoms with E-state index in [1.807, 2.05) is 0 Å². The lowest BCUT2D eigenvalue weighted by Crippen LogP contribution is -2.66. The van der Waals surface area contributed by atoms with Gasteiger partial charge in [0.25, 0.3) is 0 Å². The van der Waals surface area contributed by atoms with Gasteiger partial charge >= 0.3 is 0 Å². The topological polar surface area (TPSA) is 13.0 Å². The van der Waals surface area contributed by atoms with Crippen LogP contribution in [0.4, 0.5) is 11.4 Å². The van der Waals surface area contributed by atoms with Gasteiger partial charge in [-0.05, 0) is 48.7 Å². The maximum atomic E-state index is 2.79. The van der Waals surface area contributed by atoms with Crippen LogP contribution in [0.1, 0.15) is 26.2 Å². The first-order valence-corrected chi connectivity index (χ1v) is 16.5. The molecule has 6 heteroatoms. The molecule has 2 aromatic rings. The molecule has 162 valence electrons. The number of nitrogens with zero attached hydrogens (tertiary/aromatic N) is 4. The molecule has 1 aliphatic carbocycles. The van der Waals surface area contributed by atoms with Gasteiger partial charge in [-0.3, -0.25) is 0 Å². The number of benzene rings is 2. The maximum Gasteiger partial charge on any atom is 0.133 e. The summed E-state index contributed by atoms with van der Waals surface area (Å²) in [6.45, 7) is 7.55. The van der Waals surface area contributed by atoms with Crippen molar-refractivity contribution in [3.05, 3.63) is 61.2 Å². The smallest absolute Gasteiger partial charge is 0.133 e. The average molecular weight is 457 g/mol. The average Bonchev–Trinajstić information content (AvgIpc) is 3.54. The Balaban J connectivity index is 1.48. The van der Waals surface area contributed by atoms with E-state index < -0.39 is 16.0 Å². The largest absolute Gasteiger partial charge is 0.351 e. The van der Waals surface area contributed by atoms with E-state index in [4.69, 9.17) is 0 Å². The van der Waals surface area contributed by atoms with Gasteiger partial charge in [0.2, 0.25) is 0 Å². The van der Waals surface area contributed by atoms with Crippen molar-refractivity contribution in [1.29, 1.82) is 0 Å². The molecule has 32 heavy (non-hydrogen) atoms. The first-order chi connectivity index (χ1) is 15.6. The summed E-state index contributed by atoms with van der Waals surface area (Å²) in [6, 6.07) is 15.6. The second-order valence-electron chi connectivity index (χ2n) is 10.7. The molecule has 0 spiro atoms. The molecule has 3 unspecified atom stereocenters. The standard InChI is InChI=1S/C26H29N4PSi/c1-17-27-13-14-28(17)20-9-5-11-22-24(20)31-25-21(10-6-12-23(25)32(22,2)3)30-16-15-29(26(30)31)19-8-4-7-18(19)27/h5-6,9-19,26H,4,7-8H2,1-3H3/t17-,18?,19?,26+,31?/m1/s1. The summed E-state index contributed by atoms with van der Waals surface area (Å²) in [5.74, 6) is 0.437. The Morgan fingerprint density at radius 1 is 0.781 bits per heavy atom.